The summed E-state index contributed by atoms with van der Waals surface area (Å²) >= 11 is 0. The summed E-state index contributed by atoms with van der Waals surface area (Å²) in [5.74, 6) is -0.595. The first-order valence-corrected chi connectivity index (χ1v) is 6.93. The number of carboxylic acids is 1. The van der Waals surface area contributed by atoms with Crippen molar-refractivity contribution in [1.29, 1.82) is 0 Å². The van der Waals surface area contributed by atoms with E-state index in [9.17, 15) is 9.59 Å². The minimum absolute atomic E-state index is 0.107. The maximum absolute atomic E-state index is 12.1. The van der Waals surface area contributed by atoms with Crippen LogP contribution < -0.4 is 5.32 Å². The molecule has 0 spiro atoms. The summed E-state index contributed by atoms with van der Waals surface area (Å²) in [6.07, 6.45) is 0.616. The third kappa shape index (κ3) is 3.52. The molecule has 0 saturated heterocycles. The van der Waals surface area contributed by atoms with Crippen LogP contribution in [0.25, 0.3) is 0 Å². The van der Waals surface area contributed by atoms with Crippen LogP contribution in [-0.2, 0) is 6.42 Å². The Balaban J connectivity index is 2.02. The fourth-order valence-electron chi connectivity index (χ4n) is 2.30. The number of benzene rings is 1. The highest BCUT2D eigenvalue weighted by Crippen LogP contribution is 2.13. The van der Waals surface area contributed by atoms with Crippen molar-refractivity contribution in [3.05, 3.63) is 51.9 Å². The Morgan fingerprint density at radius 3 is 2.45 bits per heavy atom. The Bertz CT molecular complexity index is 699. The van der Waals surface area contributed by atoms with Gasteiger partial charge in [0.2, 0.25) is 0 Å². The lowest BCUT2D eigenvalue weighted by atomic mass is 10.1. The maximum Gasteiger partial charge on any atom is 0.335 e. The van der Waals surface area contributed by atoms with Crippen LogP contribution in [-0.4, -0.2) is 28.7 Å². The zero-order valence-electron chi connectivity index (χ0n) is 12.8. The Labute approximate surface area is 128 Å². The number of nitrogens with one attached hydrogen (secondary N) is 1. The van der Waals surface area contributed by atoms with Gasteiger partial charge in [-0.25, -0.2) is 4.79 Å². The second-order valence-electron chi connectivity index (χ2n) is 5.20. The van der Waals surface area contributed by atoms with Crippen molar-refractivity contribution in [2.24, 2.45) is 0 Å². The van der Waals surface area contributed by atoms with Crippen LogP contribution in [0.15, 0.2) is 22.7 Å². The number of aromatic nitrogens is 1. The van der Waals surface area contributed by atoms with Gasteiger partial charge in [0.1, 0.15) is 5.76 Å². The van der Waals surface area contributed by atoms with E-state index in [4.69, 9.17) is 9.63 Å². The van der Waals surface area contributed by atoms with Gasteiger partial charge in [0.15, 0.2) is 0 Å². The summed E-state index contributed by atoms with van der Waals surface area (Å²) in [4.78, 5) is 23.2. The van der Waals surface area contributed by atoms with Crippen LogP contribution in [0, 0.1) is 20.8 Å². The van der Waals surface area contributed by atoms with Crippen LogP contribution in [0.5, 0.6) is 0 Å². The summed E-state index contributed by atoms with van der Waals surface area (Å²) in [5.41, 5.74) is 2.98. The highest BCUT2D eigenvalue weighted by molar-refractivity contribution is 5.97. The molecule has 2 aromatic rings. The monoisotopic (exact) mass is 302 g/mol. The molecule has 1 aromatic heterocycles. The largest absolute Gasteiger partial charge is 0.478 e. The average Bonchev–Trinajstić information content (AvgIpc) is 2.78. The SMILES string of the molecule is Cc1cc(C(=O)O)cc(C(=O)NCCc2c(C)noc2C)c1. The normalized spacial score (nSPS) is 10.5. The molecule has 6 nitrogen and oxygen atoms in total. The van der Waals surface area contributed by atoms with Gasteiger partial charge in [-0.2, -0.15) is 0 Å². The van der Waals surface area contributed by atoms with Gasteiger partial charge in [-0.1, -0.05) is 5.16 Å². The number of rotatable bonds is 5. The number of nitrogens with zero attached hydrogens (tertiary/aromatic N) is 1. The first-order valence-electron chi connectivity index (χ1n) is 6.93. The maximum atomic E-state index is 12.1. The van der Waals surface area contributed by atoms with E-state index < -0.39 is 5.97 Å². The first kappa shape index (κ1) is 15.8. The van der Waals surface area contributed by atoms with E-state index in [0.717, 1.165) is 22.6 Å². The molecule has 116 valence electrons. The molecular weight excluding hydrogens is 284 g/mol. The summed E-state index contributed by atoms with van der Waals surface area (Å²) in [6.45, 7) is 5.87. The molecule has 0 saturated carbocycles. The molecule has 1 heterocycles. The van der Waals surface area contributed by atoms with Crippen LogP contribution in [0.3, 0.4) is 0 Å². The molecule has 0 aliphatic heterocycles. The van der Waals surface area contributed by atoms with Gasteiger partial charge < -0.3 is 14.9 Å². The van der Waals surface area contributed by atoms with E-state index in [0.29, 0.717) is 18.5 Å². The molecule has 0 fully saturated rings. The standard InChI is InChI=1S/C16H18N2O4/c1-9-6-12(8-13(7-9)16(20)21)15(19)17-5-4-14-10(2)18-22-11(14)3/h6-8H,4-5H2,1-3H3,(H,17,19)(H,20,21). The number of carbonyl (C=O) groups excluding carboxylic acids is 1. The molecule has 2 rings (SSSR count). The molecule has 22 heavy (non-hydrogen) atoms. The van der Waals surface area contributed by atoms with E-state index in [2.05, 4.69) is 10.5 Å². The zero-order chi connectivity index (χ0) is 16.3. The van der Waals surface area contributed by atoms with Crippen molar-refractivity contribution in [1.82, 2.24) is 10.5 Å². The summed E-state index contributed by atoms with van der Waals surface area (Å²) in [5, 5.41) is 15.7. The summed E-state index contributed by atoms with van der Waals surface area (Å²) in [6, 6.07) is 4.57. The number of amides is 1. The van der Waals surface area contributed by atoms with Crippen LogP contribution in [0.2, 0.25) is 0 Å². The van der Waals surface area contributed by atoms with Crippen LogP contribution >= 0.6 is 0 Å². The van der Waals surface area contributed by atoms with Gasteiger partial charge in [-0.05, 0) is 51.0 Å². The molecule has 0 radical (unpaired) electrons. The van der Waals surface area contributed by atoms with Gasteiger partial charge in [-0.15, -0.1) is 0 Å². The number of aromatic carboxylic acids is 1. The molecule has 0 bridgehead atoms. The lowest BCUT2D eigenvalue weighted by Gasteiger charge is -2.07. The van der Waals surface area contributed by atoms with Crippen molar-refractivity contribution in [2.75, 3.05) is 6.54 Å². The van der Waals surface area contributed by atoms with Gasteiger partial charge >= 0.3 is 5.97 Å². The molecule has 0 aliphatic rings. The van der Waals surface area contributed by atoms with E-state index in [1.165, 1.54) is 12.1 Å². The Hall–Kier alpha value is -2.63. The predicted molar refractivity (Wildman–Crippen MR) is 80.2 cm³/mol. The number of hydrogen-bond donors (Lipinski definition) is 2. The van der Waals surface area contributed by atoms with E-state index in [1.807, 2.05) is 13.8 Å². The molecule has 2 N–H and O–H groups in total. The molecule has 0 unspecified atom stereocenters. The third-order valence-electron chi connectivity index (χ3n) is 3.43. The Morgan fingerprint density at radius 2 is 1.86 bits per heavy atom. The van der Waals surface area contributed by atoms with Gasteiger partial charge in [-0.3, -0.25) is 4.79 Å². The van der Waals surface area contributed by atoms with E-state index >= 15 is 0 Å². The van der Waals surface area contributed by atoms with Crippen LogP contribution in [0.1, 0.15) is 43.3 Å². The first-order chi connectivity index (χ1) is 10.4. The van der Waals surface area contributed by atoms with Crippen molar-refractivity contribution >= 4 is 11.9 Å². The minimum Gasteiger partial charge on any atom is -0.478 e. The molecular formula is C16H18N2O4. The van der Waals surface area contributed by atoms with Crippen molar-refractivity contribution < 1.29 is 19.2 Å². The highest BCUT2D eigenvalue weighted by atomic mass is 16.5. The second-order valence-corrected chi connectivity index (χ2v) is 5.20. The number of hydrogen-bond acceptors (Lipinski definition) is 4. The second kappa shape index (κ2) is 6.43. The number of carboxylic acid groups (broad SMARTS) is 1. The average molecular weight is 302 g/mol. The van der Waals surface area contributed by atoms with Crippen molar-refractivity contribution in [3.8, 4) is 0 Å². The Morgan fingerprint density at radius 1 is 1.18 bits per heavy atom. The summed E-state index contributed by atoms with van der Waals surface area (Å²) in [7, 11) is 0. The molecule has 6 heteroatoms. The van der Waals surface area contributed by atoms with E-state index in [1.54, 1.807) is 13.0 Å². The van der Waals surface area contributed by atoms with Crippen LogP contribution in [0.4, 0.5) is 0 Å². The molecule has 0 aliphatic carbocycles. The summed E-state index contributed by atoms with van der Waals surface area (Å²) < 4.78 is 5.07. The number of aryl methyl sites for hydroxylation is 3. The van der Waals surface area contributed by atoms with Gasteiger partial charge in [0, 0.05) is 17.7 Å². The smallest absolute Gasteiger partial charge is 0.335 e. The van der Waals surface area contributed by atoms with Crippen molar-refractivity contribution in [2.45, 2.75) is 27.2 Å². The predicted octanol–water partition coefficient (Wildman–Crippen LogP) is 2.27. The molecule has 1 amide bonds. The zero-order valence-corrected chi connectivity index (χ0v) is 12.8. The lowest BCUT2D eigenvalue weighted by Crippen LogP contribution is -2.26. The van der Waals surface area contributed by atoms with Gasteiger partial charge in [0.05, 0.1) is 11.3 Å². The van der Waals surface area contributed by atoms with Gasteiger partial charge in [0.25, 0.3) is 5.91 Å². The number of carbonyl (C=O) groups is 2. The van der Waals surface area contributed by atoms with E-state index in [-0.39, 0.29) is 11.5 Å². The Kier molecular flexibility index (Phi) is 4.60. The minimum atomic E-state index is -1.05. The molecule has 1 aromatic carbocycles. The highest BCUT2D eigenvalue weighted by Gasteiger charge is 2.12. The quantitative estimate of drug-likeness (QED) is 0.884. The van der Waals surface area contributed by atoms with Crippen molar-refractivity contribution in [3.63, 3.8) is 0 Å². The fraction of sp³-hybridized carbons (Fsp3) is 0.312. The molecule has 0 atom stereocenters. The topological polar surface area (TPSA) is 92.4 Å². The fourth-order valence-corrected chi connectivity index (χ4v) is 2.30. The lowest BCUT2D eigenvalue weighted by molar-refractivity contribution is 0.0696. The third-order valence-corrected chi connectivity index (χ3v) is 3.43.